The highest BCUT2D eigenvalue weighted by atomic mass is 16.3. The van der Waals surface area contributed by atoms with Gasteiger partial charge in [0.05, 0.1) is 0 Å². The molecule has 18 heavy (non-hydrogen) atoms. The summed E-state index contributed by atoms with van der Waals surface area (Å²) in [5, 5.41) is 13.2. The molecule has 1 aromatic rings. The minimum Gasteiger partial charge on any atom is -0.396 e. The molecule has 0 radical (unpaired) electrons. The summed E-state index contributed by atoms with van der Waals surface area (Å²) in [5.74, 6) is 0.435. The topological polar surface area (TPSA) is 32.3 Å². The Bertz CT molecular complexity index is 377. The molecule has 3 atom stereocenters. The molecule has 0 saturated heterocycles. The van der Waals surface area contributed by atoms with Gasteiger partial charge in [-0.15, -0.1) is 0 Å². The quantitative estimate of drug-likeness (QED) is 0.856. The van der Waals surface area contributed by atoms with E-state index in [1.807, 2.05) is 0 Å². The van der Waals surface area contributed by atoms with Crippen molar-refractivity contribution in [1.82, 2.24) is 5.32 Å². The van der Waals surface area contributed by atoms with E-state index in [1.54, 1.807) is 0 Å². The van der Waals surface area contributed by atoms with E-state index < -0.39 is 0 Å². The molecule has 2 nitrogen and oxygen atoms in total. The highest BCUT2D eigenvalue weighted by Crippen LogP contribution is 2.27. The van der Waals surface area contributed by atoms with Gasteiger partial charge in [-0.1, -0.05) is 37.1 Å². The largest absolute Gasteiger partial charge is 0.396 e. The first-order chi connectivity index (χ1) is 8.72. The fraction of sp³-hybridized carbons (Fsp3) is 0.625. The van der Waals surface area contributed by atoms with Crippen LogP contribution in [0.25, 0.3) is 0 Å². The van der Waals surface area contributed by atoms with Gasteiger partial charge in [0.25, 0.3) is 0 Å². The number of nitrogens with one attached hydrogen (secondary N) is 1. The van der Waals surface area contributed by atoms with Crippen LogP contribution in [-0.4, -0.2) is 17.8 Å². The summed E-state index contributed by atoms with van der Waals surface area (Å²) in [5.41, 5.74) is 2.72. The molecule has 0 amide bonds. The number of hydrogen-bond acceptors (Lipinski definition) is 2. The Hall–Kier alpha value is -0.860. The van der Waals surface area contributed by atoms with Gasteiger partial charge in [-0.2, -0.15) is 0 Å². The van der Waals surface area contributed by atoms with Gasteiger partial charge in [0.1, 0.15) is 0 Å². The Morgan fingerprint density at radius 1 is 1.28 bits per heavy atom. The van der Waals surface area contributed by atoms with Crippen LogP contribution < -0.4 is 5.32 Å². The van der Waals surface area contributed by atoms with Gasteiger partial charge < -0.3 is 10.4 Å². The van der Waals surface area contributed by atoms with E-state index in [0.717, 1.165) is 6.42 Å². The number of rotatable bonds is 4. The molecule has 100 valence electrons. The molecule has 2 N–H and O–H groups in total. The van der Waals surface area contributed by atoms with Crippen LogP contribution in [0.1, 0.15) is 49.8 Å². The summed E-state index contributed by atoms with van der Waals surface area (Å²) in [6, 6.07) is 9.39. The van der Waals surface area contributed by atoms with E-state index in [-0.39, 0.29) is 0 Å². The average Bonchev–Trinajstić information content (AvgIpc) is 2.39. The first-order valence-corrected chi connectivity index (χ1v) is 7.15. The van der Waals surface area contributed by atoms with E-state index in [0.29, 0.717) is 24.6 Å². The molecule has 1 aliphatic carbocycles. The number of hydrogen-bond donors (Lipinski definition) is 2. The summed E-state index contributed by atoms with van der Waals surface area (Å²) in [6.45, 7) is 4.71. The summed E-state index contributed by atoms with van der Waals surface area (Å²) >= 11 is 0. The van der Waals surface area contributed by atoms with Crippen molar-refractivity contribution in [1.29, 1.82) is 0 Å². The van der Waals surface area contributed by atoms with Crippen LogP contribution in [0, 0.1) is 12.8 Å². The van der Waals surface area contributed by atoms with E-state index in [4.69, 9.17) is 0 Å². The first kappa shape index (κ1) is 13.6. The van der Waals surface area contributed by atoms with Crippen LogP contribution in [0.15, 0.2) is 24.3 Å². The fourth-order valence-electron chi connectivity index (χ4n) is 3.13. The average molecular weight is 247 g/mol. The van der Waals surface area contributed by atoms with Crippen LogP contribution in [0.4, 0.5) is 0 Å². The van der Waals surface area contributed by atoms with Crippen LogP contribution in [0.2, 0.25) is 0 Å². The van der Waals surface area contributed by atoms with Crippen LogP contribution in [0.5, 0.6) is 0 Å². The summed E-state index contributed by atoms with van der Waals surface area (Å²) in [7, 11) is 0. The van der Waals surface area contributed by atoms with Crippen molar-refractivity contribution in [2.24, 2.45) is 5.92 Å². The zero-order valence-electron chi connectivity index (χ0n) is 11.5. The lowest BCUT2D eigenvalue weighted by Gasteiger charge is -2.33. The van der Waals surface area contributed by atoms with Crippen molar-refractivity contribution < 1.29 is 5.11 Å². The molecule has 1 aromatic carbocycles. The molecule has 1 saturated carbocycles. The maximum atomic E-state index is 9.46. The molecule has 0 bridgehead atoms. The van der Waals surface area contributed by atoms with Gasteiger partial charge >= 0.3 is 0 Å². The van der Waals surface area contributed by atoms with Gasteiger partial charge in [-0.05, 0) is 43.7 Å². The number of aryl methyl sites for hydroxylation is 1. The Labute approximate surface area is 110 Å². The summed E-state index contributed by atoms with van der Waals surface area (Å²) in [4.78, 5) is 0. The Balaban J connectivity index is 2.02. The third-order valence-corrected chi connectivity index (χ3v) is 4.26. The van der Waals surface area contributed by atoms with Crippen molar-refractivity contribution in [3.05, 3.63) is 35.4 Å². The van der Waals surface area contributed by atoms with Crippen LogP contribution >= 0.6 is 0 Å². The van der Waals surface area contributed by atoms with E-state index >= 15 is 0 Å². The van der Waals surface area contributed by atoms with Crippen molar-refractivity contribution in [2.75, 3.05) is 6.61 Å². The second-order valence-corrected chi connectivity index (χ2v) is 5.58. The molecule has 3 unspecified atom stereocenters. The third-order valence-electron chi connectivity index (χ3n) is 4.26. The van der Waals surface area contributed by atoms with Crippen molar-refractivity contribution in [3.63, 3.8) is 0 Å². The SMILES string of the molecule is Cc1ccccc1C(C)NC1CCCCC1CO. The predicted octanol–water partition coefficient (Wildman–Crippen LogP) is 3.20. The van der Waals surface area contributed by atoms with Gasteiger partial charge in [0.15, 0.2) is 0 Å². The van der Waals surface area contributed by atoms with Crippen LogP contribution in [-0.2, 0) is 0 Å². The Kier molecular flexibility index (Phi) is 4.79. The monoisotopic (exact) mass is 247 g/mol. The molecule has 2 rings (SSSR count). The summed E-state index contributed by atoms with van der Waals surface area (Å²) < 4.78 is 0. The minimum absolute atomic E-state index is 0.318. The van der Waals surface area contributed by atoms with Gasteiger partial charge in [0.2, 0.25) is 0 Å². The maximum absolute atomic E-state index is 9.46. The third kappa shape index (κ3) is 3.12. The second kappa shape index (κ2) is 6.35. The smallest absolute Gasteiger partial charge is 0.0474 e. The molecular weight excluding hydrogens is 222 g/mol. The molecule has 0 heterocycles. The van der Waals surface area contributed by atoms with Crippen LogP contribution in [0.3, 0.4) is 0 Å². The van der Waals surface area contributed by atoms with Crippen molar-refractivity contribution in [3.8, 4) is 0 Å². The van der Waals surface area contributed by atoms with E-state index in [2.05, 4.69) is 43.4 Å². The first-order valence-electron chi connectivity index (χ1n) is 7.15. The number of aliphatic hydroxyl groups is 1. The van der Waals surface area contributed by atoms with Gasteiger partial charge in [-0.3, -0.25) is 0 Å². The Morgan fingerprint density at radius 2 is 2.00 bits per heavy atom. The van der Waals surface area contributed by atoms with Crippen molar-refractivity contribution in [2.45, 2.75) is 51.6 Å². The van der Waals surface area contributed by atoms with E-state index in [9.17, 15) is 5.11 Å². The fourth-order valence-corrected chi connectivity index (χ4v) is 3.13. The zero-order chi connectivity index (χ0) is 13.0. The normalized spacial score (nSPS) is 25.9. The lowest BCUT2D eigenvalue weighted by atomic mass is 9.84. The molecule has 1 aliphatic rings. The summed E-state index contributed by atoms with van der Waals surface area (Å²) in [6.07, 6.45) is 4.91. The Morgan fingerprint density at radius 3 is 2.72 bits per heavy atom. The molecule has 0 spiro atoms. The van der Waals surface area contributed by atoms with Crippen molar-refractivity contribution >= 4 is 0 Å². The lowest BCUT2D eigenvalue weighted by Crippen LogP contribution is -2.41. The standard InChI is InChI=1S/C16H25NO/c1-12-7-3-5-9-15(12)13(2)17-16-10-6-4-8-14(16)11-18/h3,5,7,9,13-14,16-18H,4,6,8,10-11H2,1-2H3. The number of aliphatic hydroxyl groups excluding tert-OH is 1. The molecular formula is C16H25NO. The van der Waals surface area contributed by atoms with Gasteiger partial charge in [0, 0.05) is 18.7 Å². The predicted molar refractivity (Wildman–Crippen MR) is 75.6 cm³/mol. The number of benzene rings is 1. The highest BCUT2D eigenvalue weighted by molar-refractivity contribution is 5.28. The molecule has 1 fully saturated rings. The molecule has 2 heteroatoms. The highest BCUT2D eigenvalue weighted by Gasteiger charge is 2.25. The maximum Gasteiger partial charge on any atom is 0.0474 e. The zero-order valence-corrected chi connectivity index (χ0v) is 11.5. The minimum atomic E-state index is 0.318. The molecule has 0 aliphatic heterocycles. The molecule has 0 aromatic heterocycles. The van der Waals surface area contributed by atoms with Gasteiger partial charge in [-0.25, -0.2) is 0 Å². The lowest BCUT2D eigenvalue weighted by molar-refractivity contribution is 0.147. The van der Waals surface area contributed by atoms with E-state index in [1.165, 1.54) is 30.4 Å². The second-order valence-electron chi connectivity index (χ2n) is 5.58.